The third-order valence-corrected chi connectivity index (χ3v) is 7.83. The van der Waals surface area contributed by atoms with Gasteiger partial charge in [-0.25, -0.2) is 9.00 Å². The van der Waals surface area contributed by atoms with E-state index in [2.05, 4.69) is 33.9 Å². The molecule has 0 saturated heterocycles. The van der Waals surface area contributed by atoms with Gasteiger partial charge in [0.15, 0.2) is 0 Å². The summed E-state index contributed by atoms with van der Waals surface area (Å²) < 4.78 is 23.0. The molecule has 2 amide bonds. The van der Waals surface area contributed by atoms with Crippen LogP contribution in [-0.2, 0) is 25.7 Å². The molecule has 2 atom stereocenters. The Labute approximate surface area is 236 Å². The van der Waals surface area contributed by atoms with Crippen LogP contribution in [0.15, 0.2) is 118 Å². The molecular formula is C33H34N2O4S. The number of nitrogens with zero attached hydrogens (tertiary/aromatic N) is 1. The van der Waals surface area contributed by atoms with Crippen molar-refractivity contribution >= 4 is 21.7 Å². The zero-order valence-corrected chi connectivity index (χ0v) is 24.0. The van der Waals surface area contributed by atoms with Gasteiger partial charge < -0.3 is 10.1 Å². The first-order valence-electron chi connectivity index (χ1n) is 13.1. The van der Waals surface area contributed by atoms with Crippen molar-refractivity contribution in [3.05, 3.63) is 115 Å². The van der Waals surface area contributed by atoms with E-state index in [0.717, 1.165) is 27.8 Å². The smallest absolute Gasteiger partial charge is 0.408 e. The highest BCUT2D eigenvalue weighted by Crippen LogP contribution is 2.26. The lowest BCUT2D eigenvalue weighted by Crippen LogP contribution is -2.44. The summed E-state index contributed by atoms with van der Waals surface area (Å²) in [5.41, 5.74) is 4.35. The monoisotopic (exact) mass is 554 g/mol. The molecule has 0 saturated carbocycles. The van der Waals surface area contributed by atoms with Crippen molar-refractivity contribution in [3.63, 3.8) is 0 Å². The molecule has 4 aromatic carbocycles. The number of amides is 2. The van der Waals surface area contributed by atoms with Crippen LogP contribution < -0.4 is 5.32 Å². The van der Waals surface area contributed by atoms with Gasteiger partial charge in [-0.1, -0.05) is 97.1 Å². The van der Waals surface area contributed by atoms with Crippen LogP contribution in [0.1, 0.15) is 26.3 Å². The third-order valence-electron chi connectivity index (χ3n) is 6.15. The number of rotatable bonds is 7. The average molecular weight is 555 g/mol. The van der Waals surface area contributed by atoms with Crippen LogP contribution >= 0.6 is 0 Å². The Bertz CT molecular complexity index is 1570. The van der Waals surface area contributed by atoms with Crippen LogP contribution in [-0.4, -0.2) is 34.1 Å². The maximum Gasteiger partial charge on any atom is 0.408 e. The lowest BCUT2D eigenvalue weighted by Gasteiger charge is -2.22. The Balaban J connectivity index is 1.54. The Kier molecular flexibility index (Phi) is 8.85. The fourth-order valence-electron chi connectivity index (χ4n) is 4.17. The SMILES string of the molecule is CC(C)(C)OC(=O)N[C@@H](Cc1ccccc1)C(=O)N=[S@@](C)(=O)c1ccc(-c2ccc(-c3ccccc3)cc2)cc1. The van der Waals surface area contributed by atoms with Crippen molar-refractivity contribution in [2.45, 2.75) is 43.7 Å². The van der Waals surface area contributed by atoms with Gasteiger partial charge in [-0.2, -0.15) is 4.36 Å². The first-order chi connectivity index (χ1) is 19.0. The van der Waals surface area contributed by atoms with Crippen molar-refractivity contribution in [1.29, 1.82) is 0 Å². The van der Waals surface area contributed by atoms with E-state index in [1.54, 1.807) is 32.9 Å². The average Bonchev–Trinajstić information content (AvgIpc) is 2.93. The van der Waals surface area contributed by atoms with E-state index in [4.69, 9.17) is 4.74 Å². The van der Waals surface area contributed by atoms with Crippen LogP contribution in [0.3, 0.4) is 0 Å². The number of hydrogen-bond acceptors (Lipinski definition) is 4. The Morgan fingerprint density at radius 2 is 1.20 bits per heavy atom. The standard InChI is InChI=1S/C33H34N2O4S/c1-33(2,3)39-32(37)34-30(23-24-11-7-5-8-12-24)31(36)35-40(4,38)29-21-19-28(20-22-29)27-17-15-26(16-18-27)25-13-9-6-10-14-25/h5-22,30H,23H2,1-4H3,(H,34,37)/t30-,40-/m0/s1. The van der Waals surface area contributed by atoms with E-state index in [9.17, 15) is 13.8 Å². The van der Waals surface area contributed by atoms with E-state index in [0.29, 0.717) is 4.90 Å². The van der Waals surface area contributed by atoms with Crippen LogP contribution in [0.4, 0.5) is 4.79 Å². The summed E-state index contributed by atoms with van der Waals surface area (Å²) in [5.74, 6) is -0.678. The van der Waals surface area contributed by atoms with E-state index >= 15 is 0 Å². The minimum atomic E-state index is -3.08. The second kappa shape index (κ2) is 12.3. The molecule has 0 radical (unpaired) electrons. The zero-order chi connectivity index (χ0) is 28.8. The van der Waals surface area contributed by atoms with Crippen LogP contribution in [0, 0.1) is 0 Å². The van der Waals surface area contributed by atoms with Gasteiger partial charge in [0.05, 0.1) is 9.73 Å². The molecule has 0 aliphatic carbocycles. The first kappa shape index (κ1) is 28.8. The second-order valence-electron chi connectivity index (χ2n) is 10.6. The summed E-state index contributed by atoms with van der Waals surface area (Å²) in [4.78, 5) is 26.2. The van der Waals surface area contributed by atoms with Crippen molar-refractivity contribution in [2.75, 3.05) is 6.26 Å². The van der Waals surface area contributed by atoms with Gasteiger partial charge in [0, 0.05) is 17.6 Å². The van der Waals surface area contributed by atoms with Gasteiger partial charge >= 0.3 is 6.09 Å². The molecule has 0 heterocycles. The Morgan fingerprint density at radius 1 is 0.750 bits per heavy atom. The number of hydrogen-bond donors (Lipinski definition) is 1. The van der Waals surface area contributed by atoms with Crippen molar-refractivity contribution in [2.24, 2.45) is 4.36 Å². The molecule has 0 bridgehead atoms. The Hall–Kier alpha value is -4.23. The summed E-state index contributed by atoms with van der Waals surface area (Å²) in [6, 6.07) is 33.8. The van der Waals surface area contributed by atoms with Gasteiger partial charge in [-0.15, -0.1) is 0 Å². The van der Waals surface area contributed by atoms with E-state index < -0.39 is 33.4 Å². The molecule has 0 spiro atoms. The molecule has 4 rings (SSSR count). The fraction of sp³-hybridized carbons (Fsp3) is 0.212. The number of nitrogens with one attached hydrogen (secondary N) is 1. The van der Waals surface area contributed by atoms with Gasteiger partial charge in [0.2, 0.25) is 0 Å². The highest BCUT2D eigenvalue weighted by Gasteiger charge is 2.26. The number of carbonyl (C=O) groups is 2. The minimum Gasteiger partial charge on any atom is -0.444 e. The highest BCUT2D eigenvalue weighted by molar-refractivity contribution is 7.93. The molecule has 7 heteroatoms. The molecule has 0 aliphatic rings. The molecule has 40 heavy (non-hydrogen) atoms. The Morgan fingerprint density at radius 3 is 1.70 bits per heavy atom. The maximum atomic E-state index is 13.6. The predicted octanol–water partition coefficient (Wildman–Crippen LogP) is 7.14. The maximum absolute atomic E-state index is 13.6. The lowest BCUT2D eigenvalue weighted by atomic mass is 10.0. The fourth-order valence-corrected chi connectivity index (χ4v) is 5.39. The predicted molar refractivity (Wildman–Crippen MR) is 160 cm³/mol. The van der Waals surface area contributed by atoms with E-state index in [1.165, 1.54) is 6.26 Å². The second-order valence-corrected chi connectivity index (χ2v) is 12.8. The number of carbonyl (C=O) groups excluding carboxylic acids is 2. The van der Waals surface area contributed by atoms with Crippen LogP contribution in [0.25, 0.3) is 22.3 Å². The largest absolute Gasteiger partial charge is 0.444 e. The molecule has 1 N–H and O–H groups in total. The van der Waals surface area contributed by atoms with Crippen LogP contribution in [0.5, 0.6) is 0 Å². The first-order valence-corrected chi connectivity index (χ1v) is 15.0. The number of benzene rings is 4. The van der Waals surface area contributed by atoms with Crippen molar-refractivity contribution in [3.8, 4) is 22.3 Å². The summed E-state index contributed by atoms with van der Waals surface area (Å²) in [6.07, 6.45) is 0.888. The summed E-state index contributed by atoms with van der Waals surface area (Å²) in [6.45, 7) is 5.22. The van der Waals surface area contributed by atoms with Crippen molar-refractivity contribution in [1.82, 2.24) is 5.32 Å². The summed E-state index contributed by atoms with van der Waals surface area (Å²) in [7, 11) is -3.08. The third kappa shape index (κ3) is 7.90. The summed E-state index contributed by atoms with van der Waals surface area (Å²) >= 11 is 0. The molecule has 0 fully saturated rings. The number of ether oxygens (including phenoxy) is 1. The normalized spacial score (nSPS) is 13.5. The highest BCUT2D eigenvalue weighted by atomic mass is 32.2. The lowest BCUT2D eigenvalue weighted by molar-refractivity contribution is -0.119. The molecule has 0 aromatic heterocycles. The van der Waals surface area contributed by atoms with Crippen LogP contribution in [0.2, 0.25) is 0 Å². The molecule has 4 aromatic rings. The van der Waals surface area contributed by atoms with Crippen molar-refractivity contribution < 1.29 is 18.5 Å². The van der Waals surface area contributed by atoms with Gasteiger partial charge in [-0.05, 0) is 60.7 Å². The quantitative estimate of drug-likeness (QED) is 0.263. The topological polar surface area (TPSA) is 84.8 Å². The van der Waals surface area contributed by atoms with E-state index in [-0.39, 0.29) is 6.42 Å². The zero-order valence-electron chi connectivity index (χ0n) is 23.2. The molecule has 206 valence electrons. The van der Waals surface area contributed by atoms with E-state index in [1.807, 2.05) is 72.8 Å². The van der Waals surface area contributed by atoms with Gasteiger partial charge in [-0.3, -0.25) is 4.79 Å². The molecular weight excluding hydrogens is 520 g/mol. The van der Waals surface area contributed by atoms with Gasteiger partial charge in [0.1, 0.15) is 11.6 Å². The van der Waals surface area contributed by atoms with Gasteiger partial charge in [0.25, 0.3) is 5.91 Å². The number of alkyl carbamates (subject to hydrolysis) is 1. The summed E-state index contributed by atoms with van der Waals surface area (Å²) in [5, 5.41) is 2.61. The minimum absolute atomic E-state index is 0.190. The molecule has 0 aliphatic heterocycles. The molecule has 6 nitrogen and oxygen atoms in total. The molecule has 0 unspecified atom stereocenters.